The number of hydrogen-bond donors (Lipinski definition) is 1. The van der Waals surface area contributed by atoms with E-state index in [9.17, 15) is 0 Å². The number of fused-ring (bicyclic) bond motifs is 3. The zero-order valence-corrected chi connectivity index (χ0v) is 7.94. The van der Waals surface area contributed by atoms with E-state index in [-0.39, 0.29) is 0 Å². The van der Waals surface area contributed by atoms with Crippen molar-refractivity contribution in [2.75, 3.05) is 0 Å². The fourth-order valence-corrected chi connectivity index (χ4v) is 3.26. The summed E-state index contributed by atoms with van der Waals surface area (Å²) in [5.41, 5.74) is 4.14. The van der Waals surface area contributed by atoms with Crippen LogP contribution in [0.1, 0.15) is 44.4 Å². The predicted molar refractivity (Wildman–Crippen MR) is 49.3 cm³/mol. The van der Waals surface area contributed by atoms with Gasteiger partial charge in [0.15, 0.2) is 0 Å². The Bertz CT molecular complexity index is 352. The van der Waals surface area contributed by atoms with Crippen LogP contribution in [-0.4, -0.2) is 4.98 Å². The van der Waals surface area contributed by atoms with E-state index in [1.165, 1.54) is 12.1 Å². The number of nitrogens with one attached hydrogen (secondary N) is 1. The maximum absolute atomic E-state index is 3.38. The lowest BCUT2D eigenvalue weighted by atomic mass is 9.91. The van der Waals surface area contributed by atoms with Gasteiger partial charge in [-0.25, -0.2) is 0 Å². The first-order chi connectivity index (χ1) is 5.59. The molecule has 1 heterocycles. The molecule has 3 unspecified atom stereocenters. The van der Waals surface area contributed by atoms with E-state index in [2.05, 4.69) is 38.0 Å². The van der Waals surface area contributed by atoms with Crippen LogP contribution in [0.25, 0.3) is 0 Å². The van der Waals surface area contributed by atoms with Crippen LogP contribution in [0.3, 0.4) is 0 Å². The zero-order chi connectivity index (χ0) is 8.56. The molecule has 2 aliphatic carbocycles. The number of rotatable bonds is 0. The Labute approximate surface area is 73.2 Å². The van der Waals surface area contributed by atoms with Crippen molar-refractivity contribution in [1.82, 2.24) is 4.98 Å². The van der Waals surface area contributed by atoms with E-state index in [4.69, 9.17) is 0 Å². The molecule has 1 heteroatoms. The summed E-state index contributed by atoms with van der Waals surface area (Å²) in [5, 5.41) is 0. The van der Waals surface area contributed by atoms with Crippen LogP contribution in [-0.2, 0) is 5.41 Å². The highest BCUT2D eigenvalue weighted by Crippen LogP contribution is 2.75. The molecule has 0 aromatic carbocycles. The summed E-state index contributed by atoms with van der Waals surface area (Å²) >= 11 is 0. The quantitative estimate of drug-likeness (QED) is 0.602. The molecule has 3 atom stereocenters. The van der Waals surface area contributed by atoms with E-state index in [1.54, 1.807) is 5.56 Å². The molecule has 1 nitrogen and oxygen atoms in total. The molecule has 2 aliphatic rings. The van der Waals surface area contributed by atoms with Gasteiger partial charge in [0.25, 0.3) is 0 Å². The number of aromatic nitrogens is 1. The van der Waals surface area contributed by atoms with E-state index in [0.717, 1.165) is 5.92 Å². The third-order valence-corrected chi connectivity index (χ3v) is 4.62. The van der Waals surface area contributed by atoms with Crippen molar-refractivity contribution in [3.05, 3.63) is 23.5 Å². The smallest absolute Gasteiger partial charge is 0.0220 e. The average Bonchev–Trinajstić information content (AvgIpc) is 2.48. The predicted octanol–water partition coefficient (Wildman–Crippen LogP) is 2.80. The standard InChI is InChI=1S/C11H15N/c1-7-9-8(4-5-12-9)11(3)6-10(7,11)2/h4-5,7,12H,6H2,1-3H3. The molecule has 3 rings (SSSR count). The summed E-state index contributed by atoms with van der Waals surface area (Å²) in [6.45, 7) is 7.18. The SMILES string of the molecule is CC1c2[nH]ccc2C2(C)CC12C. The number of H-pyrrole nitrogens is 1. The Morgan fingerprint density at radius 3 is 2.92 bits per heavy atom. The van der Waals surface area contributed by atoms with Gasteiger partial charge in [0.1, 0.15) is 0 Å². The van der Waals surface area contributed by atoms with Crippen molar-refractivity contribution in [3.63, 3.8) is 0 Å². The molecule has 1 aromatic rings. The Hall–Kier alpha value is -0.720. The van der Waals surface area contributed by atoms with Crippen LogP contribution < -0.4 is 0 Å². The van der Waals surface area contributed by atoms with Gasteiger partial charge < -0.3 is 4.98 Å². The van der Waals surface area contributed by atoms with Crippen molar-refractivity contribution >= 4 is 0 Å². The third kappa shape index (κ3) is 0.434. The van der Waals surface area contributed by atoms with Gasteiger partial charge in [-0.2, -0.15) is 0 Å². The minimum Gasteiger partial charge on any atom is -0.365 e. The fraction of sp³-hybridized carbons (Fsp3) is 0.636. The second-order valence-corrected chi connectivity index (χ2v) is 4.95. The second kappa shape index (κ2) is 1.50. The monoisotopic (exact) mass is 161 g/mol. The van der Waals surface area contributed by atoms with Gasteiger partial charge in [0.05, 0.1) is 0 Å². The first kappa shape index (κ1) is 6.76. The van der Waals surface area contributed by atoms with Gasteiger partial charge in [0.2, 0.25) is 0 Å². The van der Waals surface area contributed by atoms with Gasteiger partial charge >= 0.3 is 0 Å². The molecule has 12 heavy (non-hydrogen) atoms. The van der Waals surface area contributed by atoms with Crippen LogP contribution >= 0.6 is 0 Å². The van der Waals surface area contributed by atoms with Gasteiger partial charge in [-0.3, -0.25) is 0 Å². The molecule has 0 amide bonds. The Morgan fingerprint density at radius 1 is 1.50 bits per heavy atom. The van der Waals surface area contributed by atoms with Crippen LogP contribution in [0.2, 0.25) is 0 Å². The van der Waals surface area contributed by atoms with Gasteiger partial charge in [0, 0.05) is 23.2 Å². The van der Waals surface area contributed by atoms with Crippen molar-refractivity contribution in [1.29, 1.82) is 0 Å². The van der Waals surface area contributed by atoms with E-state index < -0.39 is 0 Å². The highest BCUT2D eigenvalue weighted by Gasteiger charge is 2.69. The first-order valence-electron chi connectivity index (χ1n) is 4.77. The second-order valence-electron chi connectivity index (χ2n) is 4.95. The minimum atomic E-state index is 0.502. The zero-order valence-electron chi connectivity index (χ0n) is 7.94. The lowest BCUT2D eigenvalue weighted by molar-refractivity contribution is 0.436. The summed E-state index contributed by atoms with van der Waals surface area (Å²) in [6, 6.07) is 2.27. The molecule has 64 valence electrons. The van der Waals surface area contributed by atoms with E-state index in [1.807, 2.05) is 0 Å². The van der Waals surface area contributed by atoms with E-state index in [0.29, 0.717) is 10.8 Å². The van der Waals surface area contributed by atoms with Gasteiger partial charge in [-0.05, 0) is 23.5 Å². The summed E-state index contributed by atoms with van der Waals surface area (Å²) in [4.78, 5) is 3.38. The molecule has 0 spiro atoms. The van der Waals surface area contributed by atoms with Crippen LogP contribution in [0.5, 0.6) is 0 Å². The van der Waals surface area contributed by atoms with Crippen molar-refractivity contribution < 1.29 is 0 Å². The van der Waals surface area contributed by atoms with Crippen LogP contribution in [0.15, 0.2) is 12.3 Å². The molecule has 0 bridgehead atoms. The van der Waals surface area contributed by atoms with Crippen molar-refractivity contribution in [2.24, 2.45) is 5.41 Å². The molecular weight excluding hydrogens is 146 g/mol. The Balaban J connectivity index is 2.27. The lowest BCUT2D eigenvalue weighted by Crippen LogP contribution is -2.08. The molecule has 0 aliphatic heterocycles. The first-order valence-corrected chi connectivity index (χ1v) is 4.77. The molecular formula is C11H15N. The molecule has 1 N–H and O–H groups in total. The van der Waals surface area contributed by atoms with Crippen molar-refractivity contribution in [2.45, 2.75) is 38.5 Å². The van der Waals surface area contributed by atoms with Crippen LogP contribution in [0.4, 0.5) is 0 Å². The minimum absolute atomic E-state index is 0.502. The molecule has 1 fully saturated rings. The summed E-state index contributed by atoms with van der Waals surface area (Å²) < 4.78 is 0. The third-order valence-electron chi connectivity index (χ3n) is 4.62. The van der Waals surface area contributed by atoms with Crippen molar-refractivity contribution in [3.8, 4) is 0 Å². The normalized spacial score (nSPS) is 48.8. The van der Waals surface area contributed by atoms with Crippen LogP contribution in [0, 0.1) is 5.41 Å². The molecule has 1 saturated carbocycles. The average molecular weight is 161 g/mol. The largest absolute Gasteiger partial charge is 0.365 e. The van der Waals surface area contributed by atoms with Gasteiger partial charge in [-0.1, -0.05) is 20.8 Å². The highest BCUT2D eigenvalue weighted by atomic mass is 14.8. The summed E-state index contributed by atoms with van der Waals surface area (Å²) in [7, 11) is 0. The van der Waals surface area contributed by atoms with E-state index >= 15 is 0 Å². The maximum atomic E-state index is 3.38. The topological polar surface area (TPSA) is 15.8 Å². The molecule has 0 radical (unpaired) electrons. The Kier molecular flexibility index (Phi) is 0.846. The fourth-order valence-electron chi connectivity index (χ4n) is 3.26. The molecule has 0 saturated heterocycles. The maximum Gasteiger partial charge on any atom is 0.0220 e. The number of aromatic amines is 1. The summed E-state index contributed by atoms with van der Waals surface area (Å²) in [5.74, 6) is 0.729. The number of hydrogen-bond acceptors (Lipinski definition) is 0. The lowest BCUT2D eigenvalue weighted by Gasteiger charge is -2.14. The highest BCUT2D eigenvalue weighted by molar-refractivity contribution is 5.50. The summed E-state index contributed by atoms with van der Waals surface area (Å²) in [6.07, 6.45) is 3.47. The van der Waals surface area contributed by atoms with Gasteiger partial charge in [-0.15, -0.1) is 0 Å². The Morgan fingerprint density at radius 2 is 2.25 bits per heavy atom. The molecule has 1 aromatic heterocycles.